The van der Waals surface area contributed by atoms with Crippen LogP contribution in [-0.2, 0) is 6.54 Å². The van der Waals surface area contributed by atoms with Crippen LogP contribution in [0.15, 0.2) is 94.5 Å². The molecule has 3 N–H and O–H groups in total. The van der Waals surface area contributed by atoms with Gasteiger partial charge in [-0.15, -0.1) is 0 Å². The fourth-order valence-electron chi connectivity index (χ4n) is 3.64. The van der Waals surface area contributed by atoms with Crippen molar-refractivity contribution in [3.8, 4) is 11.5 Å². The Morgan fingerprint density at radius 1 is 0.941 bits per heavy atom. The van der Waals surface area contributed by atoms with E-state index in [1.807, 2.05) is 60.7 Å². The lowest BCUT2D eigenvalue weighted by Crippen LogP contribution is -2.41. The summed E-state index contributed by atoms with van der Waals surface area (Å²) in [5.74, 6) is 0.588. The van der Waals surface area contributed by atoms with Crippen LogP contribution < -0.4 is 26.6 Å². The van der Waals surface area contributed by atoms with Gasteiger partial charge in [0, 0.05) is 12.1 Å². The zero-order chi connectivity index (χ0) is 24.1. The van der Waals surface area contributed by atoms with Gasteiger partial charge in [-0.3, -0.25) is 19.1 Å². The van der Waals surface area contributed by atoms with E-state index in [9.17, 15) is 14.4 Å². The summed E-state index contributed by atoms with van der Waals surface area (Å²) in [6.07, 6.45) is 0. The van der Waals surface area contributed by atoms with Crippen molar-refractivity contribution in [2.75, 3.05) is 17.2 Å². The number of nitrogens with two attached hydrogens (primary N) is 1. The molecule has 34 heavy (non-hydrogen) atoms. The number of amides is 1. The maximum Gasteiger partial charge on any atom is 0.330 e. The highest BCUT2D eigenvalue weighted by molar-refractivity contribution is 6.07. The summed E-state index contributed by atoms with van der Waals surface area (Å²) in [4.78, 5) is 42.2. The molecule has 0 fully saturated rings. The number of aromatic amines is 1. The summed E-state index contributed by atoms with van der Waals surface area (Å²) < 4.78 is 7.08. The van der Waals surface area contributed by atoms with Gasteiger partial charge in [-0.25, -0.2) is 4.79 Å². The molecule has 8 nitrogen and oxygen atoms in total. The van der Waals surface area contributed by atoms with Crippen LogP contribution in [0.4, 0.5) is 11.5 Å². The molecule has 0 unspecified atom stereocenters. The first-order valence-electron chi connectivity index (χ1n) is 10.8. The smallest absolute Gasteiger partial charge is 0.330 e. The monoisotopic (exact) mass is 456 g/mol. The number of ether oxygens (including phenoxy) is 1. The van der Waals surface area contributed by atoms with E-state index in [0.29, 0.717) is 17.1 Å². The van der Waals surface area contributed by atoms with E-state index in [0.717, 1.165) is 5.56 Å². The van der Waals surface area contributed by atoms with Crippen LogP contribution in [-0.4, -0.2) is 22.0 Å². The summed E-state index contributed by atoms with van der Waals surface area (Å²) in [5.41, 5.74) is 5.99. The molecule has 0 atom stereocenters. The van der Waals surface area contributed by atoms with Crippen molar-refractivity contribution in [3.63, 3.8) is 0 Å². The van der Waals surface area contributed by atoms with Crippen molar-refractivity contribution in [2.24, 2.45) is 0 Å². The van der Waals surface area contributed by atoms with Crippen molar-refractivity contribution in [1.29, 1.82) is 0 Å². The number of para-hydroxylation sites is 1. The standard InChI is InChI=1S/C26H24N4O4/c1-2-29(25(32)19-12-9-15-21(16-19)34-20-13-7-4-8-14-20)22-23(27)30(26(33)28-24(22)31)17-18-10-5-3-6-11-18/h3-16H,2,17,27H2,1H3,(H,28,31,33). The van der Waals surface area contributed by atoms with Crippen LogP contribution >= 0.6 is 0 Å². The number of nitrogens with one attached hydrogen (secondary N) is 1. The lowest BCUT2D eigenvalue weighted by atomic mass is 10.1. The molecule has 0 saturated carbocycles. The van der Waals surface area contributed by atoms with Crippen LogP contribution in [0.1, 0.15) is 22.8 Å². The van der Waals surface area contributed by atoms with Gasteiger partial charge in [0.05, 0.1) is 6.54 Å². The molecule has 1 heterocycles. The van der Waals surface area contributed by atoms with E-state index in [1.165, 1.54) is 9.47 Å². The van der Waals surface area contributed by atoms with E-state index in [1.54, 1.807) is 31.2 Å². The molecule has 0 radical (unpaired) electrons. The third kappa shape index (κ3) is 4.75. The van der Waals surface area contributed by atoms with E-state index < -0.39 is 17.2 Å². The molecule has 0 aliphatic rings. The van der Waals surface area contributed by atoms with Gasteiger partial charge < -0.3 is 15.4 Å². The average Bonchev–Trinajstić information content (AvgIpc) is 2.85. The van der Waals surface area contributed by atoms with Crippen molar-refractivity contribution in [1.82, 2.24) is 9.55 Å². The highest BCUT2D eigenvalue weighted by atomic mass is 16.5. The van der Waals surface area contributed by atoms with Crippen LogP contribution in [0, 0.1) is 0 Å². The predicted molar refractivity (Wildman–Crippen MR) is 132 cm³/mol. The molecule has 3 aromatic carbocycles. The van der Waals surface area contributed by atoms with Gasteiger partial charge in [0.25, 0.3) is 11.5 Å². The minimum atomic E-state index is -0.723. The van der Waals surface area contributed by atoms with Crippen molar-refractivity contribution >= 4 is 17.4 Å². The normalized spacial score (nSPS) is 10.6. The zero-order valence-electron chi connectivity index (χ0n) is 18.6. The Bertz CT molecular complexity index is 1410. The first-order valence-corrected chi connectivity index (χ1v) is 10.8. The number of carbonyl (C=O) groups excluding carboxylic acids is 1. The Balaban J connectivity index is 1.69. The molecule has 4 rings (SSSR count). The molecule has 0 spiro atoms. The number of rotatable bonds is 7. The first kappa shape index (κ1) is 22.6. The highest BCUT2D eigenvalue weighted by Crippen LogP contribution is 2.24. The van der Waals surface area contributed by atoms with Gasteiger partial charge in [0.2, 0.25) is 0 Å². The number of aromatic nitrogens is 2. The van der Waals surface area contributed by atoms with Gasteiger partial charge in [0.15, 0.2) is 5.69 Å². The number of nitrogens with zero attached hydrogens (tertiary/aromatic N) is 2. The summed E-state index contributed by atoms with van der Waals surface area (Å²) in [6, 6.07) is 25.1. The summed E-state index contributed by atoms with van der Waals surface area (Å²) in [5, 5.41) is 0. The number of nitrogen functional groups attached to an aromatic ring is 1. The van der Waals surface area contributed by atoms with Crippen LogP contribution in [0.5, 0.6) is 11.5 Å². The van der Waals surface area contributed by atoms with Crippen LogP contribution in [0.25, 0.3) is 0 Å². The maximum atomic E-state index is 13.4. The van der Waals surface area contributed by atoms with E-state index in [4.69, 9.17) is 10.5 Å². The topological polar surface area (TPSA) is 110 Å². The van der Waals surface area contributed by atoms with Crippen LogP contribution in [0.2, 0.25) is 0 Å². The molecular weight excluding hydrogens is 432 g/mol. The van der Waals surface area contributed by atoms with Gasteiger partial charge in [-0.2, -0.15) is 0 Å². The largest absolute Gasteiger partial charge is 0.457 e. The van der Waals surface area contributed by atoms with Crippen molar-refractivity contribution in [3.05, 3.63) is 117 Å². The fourth-order valence-corrected chi connectivity index (χ4v) is 3.64. The summed E-state index contributed by atoms with van der Waals surface area (Å²) >= 11 is 0. The maximum absolute atomic E-state index is 13.4. The Labute approximate surface area is 195 Å². The molecule has 0 bridgehead atoms. The van der Waals surface area contributed by atoms with Crippen LogP contribution in [0.3, 0.4) is 0 Å². The number of benzene rings is 3. The third-order valence-electron chi connectivity index (χ3n) is 5.29. The second kappa shape index (κ2) is 9.91. The van der Waals surface area contributed by atoms with E-state index >= 15 is 0 Å². The fraction of sp³-hybridized carbons (Fsp3) is 0.115. The molecule has 8 heteroatoms. The molecule has 172 valence electrons. The first-order chi connectivity index (χ1) is 16.5. The zero-order valence-corrected chi connectivity index (χ0v) is 18.6. The van der Waals surface area contributed by atoms with E-state index in [-0.39, 0.29) is 24.6 Å². The minimum absolute atomic E-state index is 0.0718. The quantitative estimate of drug-likeness (QED) is 0.441. The Morgan fingerprint density at radius 2 is 1.59 bits per heavy atom. The van der Waals surface area contributed by atoms with Gasteiger partial charge in [-0.05, 0) is 42.8 Å². The number of carbonyl (C=O) groups is 1. The van der Waals surface area contributed by atoms with Gasteiger partial charge >= 0.3 is 5.69 Å². The number of H-pyrrole nitrogens is 1. The van der Waals surface area contributed by atoms with Gasteiger partial charge in [-0.1, -0.05) is 54.6 Å². The molecule has 0 saturated heterocycles. The lowest BCUT2D eigenvalue weighted by molar-refractivity contribution is 0.0987. The number of anilines is 2. The lowest BCUT2D eigenvalue weighted by Gasteiger charge is -2.23. The Hall–Kier alpha value is -4.59. The Kier molecular flexibility index (Phi) is 6.59. The van der Waals surface area contributed by atoms with Gasteiger partial charge in [0.1, 0.15) is 17.3 Å². The molecular formula is C26H24N4O4. The van der Waals surface area contributed by atoms with Crippen molar-refractivity contribution in [2.45, 2.75) is 13.5 Å². The second-order valence-electron chi connectivity index (χ2n) is 7.56. The predicted octanol–water partition coefficient (Wildman–Crippen LogP) is 3.63. The Morgan fingerprint density at radius 3 is 2.26 bits per heavy atom. The van der Waals surface area contributed by atoms with E-state index in [2.05, 4.69) is 4.98 Å². The summed E-state index contributed by atoms with van der Waals surface area (Å²) in [7, 11) is 0. The molecule has 1 aromatic heterocycles. The minimum Gasteiger partial charge on any atom is -0.457 e. The van der Waals surface area contributed by atoms with Crippen molar-refractivity contribution < 1.29 is 9.53 Å². The summed E-state index contributed by atoms with van der Waals surface area (Å²) in [6.45, 7) is 2.05. The third-order valence-corrected chi connectivity index (χ3v) is 5.29. The second-order valence-corrected chi connectivity index (χ2v) is 7.56. The molecule has 0 aliphatic carbocycles. The molecule has 1 amide bonds. The molecule has 4 aromatic rings. The average molecular weight is 457 g/mol. The highest BCUT2D eigenvalue weighted by Gasteiger charge is 2.24. The number of hydrogen-bond acceptors (Lipinski definition) is 5. The molecule has 0 aliphatic heterocycles. The number of hydrogen-bond donors (Lipinski definition) is 2. The SMILES string of the molecule is CCN(C(=O)c1cccc(Oc2ccccc2)c1)c1c(N)n(Cc2ccccc2)c(=O)[nH]c1=O.